The van der Waals surface area contributed by atoms with Crippen molar-refractivity contribution in [3.05, 3.63) is 54.1 Å². The van der Waals surface area contributed by atoms with E-state index < -0.39 is 11.9 Å². The van der Waals surface area contributed by atoms with Crippen molar-refractivity contribution < 1.29 is 33.4 Å². The van der Waals surface area contributed by atoms with E-state index in [2.05, 4.69) is 10.6 Å². The number of thioether (sulfide) groups is 1. The predicted molar refractivity (Wildman–Crippen MR) is 106 cm³/mol. The van der Waals surface area contributed by atoms with Crippen molar-refractivity contribution in [3.8, 4) is 17.4 Å². The number of hydrogen-bond donors (Lipinski definition) is 1. The quantitative estimate of drug-likeness (QED) is 0.328. The first-order valence-electron chi connectivity index (χ1n) is 8.95. The molecule has 0 radical (unpaired) electrons. The summed E-state index contributed by atoms with van der Waals surface area (Å²) in [6.45, 7) is 2.01. The lowest BCUT2D eigenvalue weighted by molar-refractivity contribution is -0.705. The van der Waals surface area contributed by atoms with Crippen molar-refractivity contribution in [1.29, 1.82) is 0 Å². The van der Waals surface area contributed by atoms with E-state index >= 15 is 0 Å². The summed E-state index contributed by atoms with van der Waals surface area (Å²) in [5.41, 5.74) is 1.51. The lowest BCUT2D eigenvalue weighted by Gasteiger charge is -2.06. The zero-order chi connectivity index (χ0) is 21.5. The second-order valence-electron chi connectivity index (χ2n) is 5.91. The summed E-state index contributed by atoms with van der Waals surface area (Å²) in [6.07, 6.45) is 0. The van der Waals surface area contributed by atoms with Crippen LogP contribution in [-0.2, 0) is 9.53 Å². The van der Waals surface area contributed by atoms with Crippen molar-refractivity contribution in [2.24, 2.45) is 0 Å². The molecule has 156 valence electrons. The number of methoxy groups -OCH3 is 1. The number of anilines is 1. The van der Waals surface area contributed by atoms with E-state index in [1.165, 1.54) is 4.68 Å². The summed E-state index contributed by atoms with van der Waals surface area (Å²) < 4.78 is 16.1. The van der Waals surface area contributed by atoms with Crippen LogP contribution in [0.3, 0.4) is 0 Å². The molecule has 30 heavy (non-hydrogen) atoms. The van der Waals surface area contributed by atoms with Gasteiger partial charge in [0.05, 0.1) is 30.3 Å². The number of amides is 1. The van der Waals surface area contributed by atoms with Crippen molar-refractivity contribution >= 4 is 29.3 Å². The third-order valence-electron chi connectivity index (χ3n) is 3.91. The number of nitrogens with one attached hydrogen (secondary N) is 1. The molecular weight excluding hydrogens is 410 g/mol. The Balaban J connectivity index is 1.62. The molecule has 0 saturated carbocycles. The number of carbonyl (C=O) groups excluding carboxylic acids is 2. The fourth-order valence-electron chi connectivity index (χ4n) is 2.48. The average molecular weight is 429 g/mol. The van der Waals surface area contributed by atoms with Crippen molar-refractivity contribution in [2.45, 2.75) is 11.9 Å². The summed E-state index contributed by atoms with van der Waals surface area (Å²) in [7, 11) is 1.55. The van der Waals surface area contributed by atoms with Gasteiger partial charge in [0, 0.05) is 17.8 Å². The molecule has 0 bridgehead atoms. The molecule has 3 aromatic rings. The Hall–Kier alpha value is -3.53. The third-order valence-corrected chi connectivity index (χ3v) is 4.93. The van der Waals surface area contributed by atoms with E-state index in [0.29, 0.717) is 22.7 Å². The summed E-state index contributed by atoms with van der Waals surface area (Å²) in [5, 5.41) is 18.6. The zero-order valence-corrected chi connectivity index (χ0v) is 17.1. The lowest BCUT2D eigenvalue weighted by Crippen LogP contribution is -2.35. The Kier molecular flexibility index (Phi) is 6.91. The summed E-state index contributed by atoms with van der Waals surface area (Å²) in [5.74, 6) is -0.767. The van der Waals surface area contributed by atoms with Crippen LogP contribution >= 0.6 is 11.8 Å². The topological polar surface area (TPSA) is 118 Å². The summed E-state index contributed by atoms with van der Waals surface area (Å²) in [6, 6.07) is 13.2. The van der Waals surface area contributed by atoms with Crippen molar-refractivity contribution in [1.82, 2.24) is 5.27 Å². The monoisotopic (exact) mass is 429 g/mol. The molecule has 0 saturated heterocycles. The molecule has 1 amide bonds. The predicted octanol–water partition coefficient (Wildman–Crippen LogP) is 1.94. The van der Waals surface area contributed by atoms with Crippen LogP contribution in [0.15, 0.2) is 58.1 Å². The smallest absolute Gasteiger partial charge is 0.338 e. The van der Waals surface area contributed by atoms with Gasteiger partial charge in [0.2, 0.25) is 11.6 Å². The Morgan fingerprint density at radius 2 is 1.87 bits per heavy atom. The number of aromatic nitrogens is 2. The van der Waals surface area contributed by atoms with E-state index in [1.54, 1.807) is 62.6 Å². The maximum absolute atomic E-state index is 12.3. The highest BCUT2D eigenvalue weighted by molar-refractivity contribution is 7.99. The normalized spacial score (nSPS) is 10.5. The second kappa shape index (κ2) is 9.79. The highest BCUT2D eigenvalue weighted by Crippen LogP contribution is 2.24. The Morgan fingerprint density at radius 1 is 1.17 bits per heavy atom. The van der Waals surface area contributed by atoms with Crippen LogP contribution in [0.4, 0.5) is 5.69 Å². The zero-order valence-electron chi connectivity index (χ0n) is 16.3. The minimum absolute atomic E-state index is 0.0355. The maximum Gasteiger partial charge on any atom is 0.338 e. The van der Waals surface area contributed by atoms with E-state index in [1.807, 2.05) is 0 Å². The fourth-order valence-corrected chi connectivity index (χ4v) is 3.24. The van der Waals surface area contributed by atoms with Crippen LogP contribution in [0.25, 0.3) is 5.69 Å². The molecule has 1 N–H and O–H groups in total. The van der Waals surface area contributed by atoms with Crippen LogP contribution in [-0.4, -0.2) is 36.6 Å². The Bertz CT molecular complexity index is 1020. The van der Waals surface area contributed by atoms with Gasteiger partial charge in [0.25, 0.3) is 5.03 Å². The first-order valence-corrected chi connectivity index (χ1v) is 9.93. The van der Waals surface area contributed by atoms with Gasteiger partial charge >= 0.3 is 5.97 Å². The SMILES string of the molecule is CCOC(=O)c1ccc(NC(=O)CSc2c([O-])on[n+]2-c2ccc(OC)cc2)cc1. The Morgan fingerprint density at radius 3 is 2.50 bits per heavy atom. The molecule has 0 fully saturated rings. The van der Waals surface area contributed by atoms with Gasteiger partial charge in [0.15, 0.2) is 5.95 Å². The standard InChI is InChI=1S/C20H19N3O6S/c1-3-28-19(25)13-4-6-14(7-5-13)21-17(24)12-30-18-20(26)29-22-23(18)15-8-10-16(27-2)11-9-15/h4-11H,3,12H2,1-2H3,(H-,21,22,24,25,26). The lowest BCUT2D eigenvalue weighted by atomic mass is 10.2. The molecule has 0 atom stereocenters. The number of nitrogens with zero attached hydrogens (tertiary/aromatic N) is 2. The second-order valence-corrected chi connectivity index (χ2v) is 6.87. The van der Waals surface area contributed by atoms with Gasteiger partial charge in [-0.25, -0.2) is 4.79 Å². The molecule has 3 rings (SSSR count). The van der Waals surface area contributed by atoms with Crippen molar-refractivity contribution in [3.63, 3.8) is 0 Å². The molecule has 0 aliphatic heterocycles. The van der Waals surface area contributed by atoms with Gasteiger partial charge in [0.1, 0.15) is 5.75 Å². The number of ether oxygens (including phenoxy) is 2. The number of esters is 1. The molecule has 1 heterocycles. The minimum Gasteiger partial charge on any atom is -0.538 e. The molecule has 0 spiro atoms. The summed E-state index contributed by atoms with van der Waals surface area (Å²) >= 11 is 1.00. The molecule has 1 aromatic heterocycles. The molecule has 9 nitrogen and oxygen atoms in total. The molecular formula is C20H19N3O6S. The average Bonchev–Trinajstić information content (AvgIpc) is 3.13. The maximum atomic E-state index is 12.3. The van der Waals surface area contributed by atoms with Gasteiger partial charge in [-0.1, -0.05) is 0 Å². The summed E-state index contributed by atoms with van der Waals surface area (Å²) in [4.78, 5) is 23.9. The Labute approximate surface area is 176 Å². The van der Waals surface area contributed by atoms with Crippen LogP contribution < -0.4 is 19.8 Å². The van der Waals surface area contributed by atoms with E-state index in [-0.39, 0.29) is 23.3 Å². The highest BCUT2D eigenvalue weighted by atomic mass is 32.2. The van der Waals surface area contributed by atoms with E-state index in [9.17, 15) is 14.7 Å². The van der Waals surface area contributed by atoms with Crippen LogP contribution in [0.5, 0.6) is 11.7 Å². The van der Waals surface area contributed by atoms with Gasteiger partial charge in [-0.05, 0) is 59.8 Å². The van der Waals surface area contributed by atoms with E-state index in [0.717, 1.165) is 11.8 Å². The molecule has 0 aliphatic carbocycles. The number of rotatable bonds is 8. The third kappa shape index (κ3) is 5.09. The first-order chi connectivity index (χ1) is 14.5. The van der Waals surface area contributed by atoms with Crippen LogP contribution in [0.1, 0.15) is 17.3 Å². The molecule has 0 aliphatic rings. The largest absolute Gasteiger partial charge is 0.538 e. The number of carbonyl (C=O) groups is 2. The highest BCUT2D eigenvalue weighted by Gasteiger charge is 2.22. The van der Waals surface area contributed by atoms with Gasteiger partial charge < -0.3 is 24.4 Å². The fraction of sp³-hybridized carbons (Fsp3) is 0.200. The van der Waals surface area contributed by atoms with E-state index in [4.69, 9.17) is 14.0 Å². The molecule has 0 unspecified atom stereocenters. The van der Waals surface area contributed by atoms with Gasteiger partial charge in [-0.15, -0.1) is 0 Å². The van der Waals surface area contributed by atoms with Crippen LogP contribution in [0.2, 0.25) is 0 Å². The van der Waals surface area contributed by atoms with Gasteiger partial charge in [-0.2, -0.15) is 0 Å². The van der Waals surface area contributed by atoms with Crippen LogP contribution in [0, 0.1) is 0 Å². The minimum atomic E-state index is -0.637. The number of benzene rings is 2. The van der Waals surface area contributed by atoms with Gasteiger partial charge in [-0.3, -0.25) is 4.79 Å². The first kappa shape index (κ1) is 21.2. The molecule has 2 aromatic carbocycles. The number of hydrogen-bond acceptors (Lipinski definition) is 8. The van der Waals surface area contributed by atoms with Crippen molar-refractivity contribution in [2.75, 3.05) is 24.8 Å². The molecule has 10 heteroatoms.